The van der Waals surface area contributed by atoms with Crippen molar-refractivity contribution in [3.8, 4) is 0 Å². The van der Waals surface area contributed by atoms with E-state index in [0.717, 1.165) is 0 Å². The van der Waals surface area contributed by atoms with E-state index in [1.807, 2.05) is 0 Å². The summed E-state index contributed by atoms with van der Waals surface area (Å²) in [5, 5.41) is 0. The number of hydrogen-bond acceptors (Lipinski definition) is 4. The zero-order valence-electron chi connectivity index (χ0n) is 4.45. The molecule has 62 valence electrons. The quantitative estimate of drug-likeness (QED) is 0.561. The van der Waals surface area contributed by atoms with Gasteiger partial charge >= 0.3 is 15.6 Å². The van der Waals surface area contributed by atoms with E-state index in [-0.39, 0.29) is 0 Å². The maximum absolute atomic E-state index is 10.2. The van der Waals surface area contributed by atoms with Crippen LogP contribution in [0, 0.1) is 0 Å². The Balaban J connectivity index is 4.17. The largest absolute Gasteiger partial charge is 0.483 e. The fraction of sp³-hybridized carbons (Fsp3) is 0. The fourth-order valence-corrected chi connectivity index (χ4v) is 1.73. The first-order chi connectivity index (χ1) is 4.27. The summed E-state index contributed by atoms with van der Waals surface area (Å²) >= 11 is 0. The highest BCUT2D eigenvalue weighted by atomic mass is 31.3. The van der Waals surface area contributed by atoms with Gasteiger partial charge in [0, 0.05) is 9.47 Å². The van der Waals surface area contributed by atoms with Gasteiger partial charge in [-0.1, -0.05) is 0 Å². The third-order valence-corrected chi connectivity index (χ3v) is 3.08. The van der Waals surface area contributed by atoms with Crippen molar-refractivity contribution in [2.75, 3.05) is 0 Å². The van der Waals surface area contributed by atoms with Gasteiger partial charge in [-0.3, -0.25) is 4.31 Å². The first kappa shape index (κ1) is 10.7. The van der Waals surface area contributed by atoms with Crippen molar-refractivity contribution in [1.82, 2.24) is 0 Å². The second-order valence-electron chi connectivity index (χ2n) is 1.15. The van der Waals surface area contributed by atoms with Crippen LogP contribution in [0.2, 0.25) is 0 Å². The van der Waals surface area contributed by atoms with Crippen molar-refractivity contribution in [3.63, 3.8) is 0 Å². The highest BCUT2D eigenvalue weighted by Gasteiger charge is 2.30. The van der Waals surface area contributed by atoms with E-state index < -0.39 is 15.6 Å². The summed E-state index contributed by atoms with van der Waals surface area (Å²) < 4.78 is 27.0. The molecule has 0 aliphatic carbocycles. The zero-order valence-corrected chi connectivity index (χ0v) is 7.39. The highest BCUT2D eigenvalue weighted by molar-refractivity contribution is 7.62. The summed E-state index contributed by atoms with van der Waals surface area (Å²) in [5.41, 5.74) is 0. The molecule has 0 fully saturated rings. The lowest BCUT2D eigenvalue weighted by Crippen LogP contribution is -1.85. The van der Waals surface area contributed by atoms with Crippen molar-refractivity contribution in [1.29, 1.82) is 0 Å². The predicted octanol–water partition coefficient (Wildman–Crippen LogP) is 0.00280. The van der Waals surface area contributed by atoms with E-state index in [9.17, 15) is 9.13 Å². The summed E-state index contributed by atoms with van der Waals surface area (Å²) in [6, 6.07) is 0. The topological polar surface area (TPSA) is 113 Å². The van der Waals surface area contributed by atoms with Crippen LogP contribution in [0.5, 0.6) is 0 Å². The number of hydrogen-bond donors (Lipinski definition) is 3. The Hall–Kier alpha value is 0.690. The van der Waals surface area contributed by atoms with E-state index in [1.165, 1.54) is 9.47 Å². The Bertz CT molecular complexity index is 187. The molecule has 0 aromatic heterocycles. The average molecular weight is 210 g/mol. The molecule has 0 bridgehead atoms. The molecular formula is H5O7P3. The van der Waals surface area contributed by atoms with Crippen LogP contribution in [0.4, 0.5) is 0 Å². The van der Waals surface area contributed by atoms with E-state index >= 15 is 0 Å². The molecule has 0 aliphatic rings. The van der Waals surface area contributed by atoms with Gasteiger partial charge < -0.3 is 14.7 Å². The summed E-state index contributed by atoms with van der Waals surface area (Å²) in [5.74, 6) is 0. The molecule has 0 spiro atoms. The Labute approximate surface area is 58.5 Å². The van der Waals surface area contributed by atoms with Gasteiger partial charge in [0.15, 0.2) is 0 Å². The molecule has 0 heterocycles. The molecule has 0 aromatic rings. The minimum absolute atomic E-state index is 1.35. The molecule has 10 heteroatoms. The maximum atomic E-state index is 10.2. The Kier molecular flexibility index (Phi) is 3.62. The summed E-state index contributed by atoms with van der Waals surface area (Å²) in [6.45, 7) is 0. The SMILES string of the molecule is O=P(O)(O)OP(=O)(O)OP. The minimum atomic E-state index is -4.96. The summed E-state index contributed by atoms with van der Waals surface area (Å²) in [4.78, 5) is 24.2. The lowest BCUT2D eigenvalue weighted by Gasteiger charge is -2.07. The van der Waals surface area contributed by atoms with E-state index in [2.05, 4.69) is 8.62 Å². The predicted molar refractivity (Wildman–Crippen MR) is 33.7 cm³/mol. The van der Waals surface area contributed by atoms with Crippen molar-refractivity contribution >= 4 is 25.1 Å². The Morgan fingerprint density at radius 2 is 1.60 bits per heavy atom. The van der Waals surface area contributed by atoms with E-state index in [4.69, 9.17) is 14.7 Å². The second-order valence-corrected chi connectivity index (χ2v) is 4.56. The van der Waals surface area contributed by atoms with Crippen molar-refractivity contribution in [3.05, 3.63) is 0 Å². The molecule has 0 amide bonds. The van der Waals surface area contributed by atoms with Gasteiger partial charge in [-0.2, -0.15) is 4.31 Å². The molecule has 0 radical (unpaired) electrons. The monoisotopic (exact) mass is 210 g/mol. The zero-order chi connectivity index (χ0) is 8.41. The van der Waals surface area contributed by atoms with Crippen molar-refractivity contribution in [2.24, 2.45) is 0 Å². The minimum Gasteiger partial charge on any atom is -0.302 e. The van der Waals surface area contributed by atoms with Crippen LogP contribution in [0.15, 0.2) is 0 Å². The van der Waals surface area contributed by atoms with Crippen LogP contribution in [0.25, 0.3) is 0 Å². The molecule has 0 rings (SSSR count). The van der Waals surface area contributed by atoms with Crippen LogP contribution in [0.3, 0.4) is 0 Å². The van der Waals surface area contributed by atoms with Crippen LogP contribution < -0.4 is 0 Å². The van der Waals surface area contributed by atoms with Crippen molar-refractivity contribution in [2.45, 2.75) is 0 Å². The molecule has 7 nitrogen and oxygen atoms in total. The van der Waals surface area contributed by atoms with Crippen LogP contribution in [0.1, 0.15) is 0 Å². The van der Waals surface area contributed by atoms with Crippen LogP contribution in [-0.4, -0.2) is 14.7 Å². The van der Waals surface area contributed by atoms with Crippen LogP contribution >= 0.6 is 25.1 Å². The molecule has 0 aromatic carbocycles. The molecule has 3 N–H and O–H groups in total. The third kappa shape index (κ3) is 5.47. The van der Waals surface area contributed by atoms with E-state index in [1.54, 1.807) is 0 Å². The Morgan fingerprint density at radius 1 is 1.20 bits per heavy atom. The first-order valence-electron chi connectivity index (χ1n) is 1.75. The lowest BCUT2D eigenvalue weighted by atomic mass is 15.7. The van der Waals surface area contributed by atoms with Gasteiger partial charge in [0.2, 0.25) is 0 Å². The first-order valence-corrected chi connectivity index (χ1v) is 5.25. The molecule has 10 heavy (non-hydrogen) atoms. The second kappa shape index (κ2) is 3.39. The third-order valence-electron chi connectivity index (χ3n) is 0.343. The molecule has 2 atom stereocenters. The maximum Gasteiger partial charge on any atom is 0.483 e. The molecular weight excluding hydrogens is 205 g/mol. The lowest BCUT2D eigenvalue weighted by molar-refractivity contribution is 0.236. The number of phosphoric acid groups is 2. The highest BCUT2D eigenvalue weighted by Crippen LogP contribution is 2.58. The summed E-state index contributed by atoms with van der Waals surface area (Å²) in [6.07, 6.45) is 0. The smallest absolute Gasteiger partial charge is 0.302 e. The van der Waals surface area contributed by atoms with Crippen LogP contribution in [-0.2, 0) is 17.8 Å². The van der Waals surface area contributed by atoms with Gasteiger partial charge in [0.05, 0.1) is 0 Å². The van der Waals surface area contributed by atoms with Gasteiger partial charge in [-0.25, -0.2) is 9.13 Å². The average Bonchev–Trinajstić information content (AvgIpc) is 1.60. The van der Waals surface area contributed by atoms with E-state index in [0.29, 0.717) is 0 Å². The molecule has 2 unspecified atom stereocenters. The van der Waals surface area contributed by atoms with Gasteiger partial charge in [0.25, 0.3) is 0 Å². The Morgan fingerprint density at radius 3 is 1.70 bits per heavy atom. The molecule has 0 saturated carbocycles. The number of rotatable bonds is 3. The molecule has 0 saturated heterocycles. The summed E-state index contributed by atoms with van der Waals surface area (Å²) in [7, 11) is -8.20. The normalized spacial score (nSPS) is 18.4. The van der Waals surface area contributed by atoms with Gasteiger partial charge in [0.1, 0.15) is 0 Å². The van der Waals surface area contributed by atoms with Gasteiger partial charge in [-0.15, -0.1) is 0 Å². The fourth-order valence-electron chi connectivity index (χ4n) is 0.154. The molecule has 0 aliphatic heterocycles. The van der Waals surface area contributed by atoms with Gasteiger partial charge in [-0.05, 0) is 0 Å². The standard InChI is InChI=1S/H5O7P3/c1-9(2,3)7-10(4,5)6-8/h8H2,(H,4,5)(H2,1,2,3). The van der Waals surface area contributed by atoms with Crippen molar-refractivity contribution < 1.29 is 32.4 Å².